The maximum Gasteiger partial charge on any atom is 0.261 e. The first-order valence-electron chi connectivity index (χ1n) is 8.17. The Balaban J connectivity index is 1.98. The number of anilines is 2. The third-order valence-corrected chi connectivity index (χ3v) is 4.27. The number of halogens is 1. The third-order valence-electron chi connectivity index (χ3n) is 3.57. The summed E-state index contributed by atoms with van der Waals surface area (Å²) >= 11 is 8.53. The van der Waals surface area contributed by atoms with Crippen molar-refractivity contribution in [2.24, 2.45) is 5.92 Å². The van der Waals surface area contributed by atoms with Crippen molar-refractivity contribution in [2.45, 2.75) is 13.8 Å². The van der Waals surface area contributed by atoms with E-state index in [-0.39, 0.29) is 22.8 Å². The Morgan fingerprint density at radius 3 is 2.19 bits per heavy atom. The molecule has 0 saturated carbocycles. The van der Waals surface area contributed by atoms with Gasteiger partial charge in [-0.3, -0.25) is 14.9 Å². The van der Waals surface area contributed by atoms with Crippen molar-refractivity contribution in [3.63, 3.8) is 0 Å². The summed E-state index contributed by atoms with van der Waals surface area (Å²) in [6.45, 7) is 3.65. The van der Waals surface area contributed by atoms with Crippen LogP contribution in [-0.4, -0.2) is 24.0 Å². The van der Waals surface area contributed by atoms with E-state index in [1.807, 2.05) is 13.8 Å². The highest BCUT2D eigenvalue weighted by Crippen LogP contribution is 2.23. The van der Waals surface area contributed by atoms with Crippen molar-refractivity contribution >= 4 is 56.4 Å². The number of ether oxygens (including phenoxy) is 1. The maximum atomic E-state index is 12.4. The van der Waals surface area contributed by atoms with E-state index in [9.17, 15) is 9.59 Å². The minimum absolute atomic E-state index is 0.0542. The zero-order valence-corrected chi connectivity index (χ0v) is 17.5. The zero-order valence-electron chi connectivity index (χ0n) is 15.1. The lowest BCUT2D eigenvalue weighted by molar-refractivity contribution is -0.118. The smallest absolute Gasteiger partial charge is 0.261 e. The van der Waals surface area contributed by atoms with Gasteiger partial charge in [0.1, 0.15) is 5.75 Å². The summed E-state index contributed by atoms with van der Waals surface area (Å²) < 4.78 is 5.96. The summed E-state index contributed by atoms with van der Waals surface area (Å²) in [7, 11) is 1.50. The predicted molar refractivity (Wildman–Crippen MR) is 114 cm³/mol. The van der Waals surface area contributed by atoms with Crippen LogP contribution in [0.2, 0.25) is 0 Å². The molecule has 0 unspecified atom stereocenters. The minimum Gasteiger partial charge on any atom is -0.496 e. The fourth-order valence-corrected chi connectivity index (χ4v) is 2.69. The second-order valence-corrected chi connectivity index (χ2v) is 7.30. The van der Waals surface area contributed by atoms with E-state index >= 15 is 0 Å². The molecule has 2 rings (SSSR count). The number of rotatable bonds is 5. The molecule has 0 spiro atoms. The van der Waals surface area contributed by atoms with E-state index in [0.29, 0.717) is 22.7 Å². The average molecular weight is 450 g/mol. The molecular weight excluding hydrogens is 430 g/mol. The van der Waals surface area contributed by atoms with Crippen LogP contribution >= 0.6 is 28.1 Å². The Labute approximate surface area is 171 Å². The number of hydrogen-bond acceptors (Lipinski definition) is 4. The van der Waals surface area contributed by atoms with Gasteiger partial charge in [0.25, 0.3) is 5.91 Å². The van der Waals surface area contributed by atoms with Crippen molar-refractivity contribution in [3.05, 3.63) is 52.5 Å². The molecule has 3 N–H and O–H groups in total. The molecule has 6 nitrogen and oxygen atoms in total. The quantitative estimate of drug-likeness (QED) is 0.596. The van der Waals surface area contributed by atoms with Crippen molar-refractivity contribution in [2.75, 3.05) is 17.7 Å². The Morgan fingerprint density at radius 1 is 1.04 bits per heavy atom. The van der Waals surface area contributed by atoms with Crippen LogP contribution in [0.3, 0.4) is 0 Å². The Kier molecular flexibility index (Phi) is 7.32. The number of methoxy groups -OCH3 is 1. The van der Waals surface area contributed by atoms with E-state index in [4.69, 9.17) is 17.0 Å². The fourth-order valence-electron chi connectivity index (χ4n) is 2.11. The first-order chi connectivity index (χ1) is 12.8. The second kappa shape index (κ2) is 9.48. The highest BCUT2D eigenvalue weighted by molar-refractivity contribution is 9.10. The van der Waals surface area contributed by atoms with Gasteiger partial charge in [-0.2, -0.15) is 0 Å². The number of carbonyl (C=O) groups is 2. The molecule has 2 aromatic carbocycles. The zero-order chi connectivity index (χ0) is 20.0. The van der Waals surface area contributed by atoms with Crippen LogP contribution in [0, 0.1) is 5.92 Å². The molecule has 0 heterocycles. The molecular formula is C19H20BrN3O3S. The number of amides is 2. The first kappa shape index (κ1) is 20.9. The summed E-state index contributed by atoms with van der Waals surface area (Å²) in [6.07, 6.45) is 0. The molecule has 0 bridgehead atoms. The standard InChI is InChI=1S/C19H20BrN3O3S/c1-11(2)17(24)21-13-5-7-14(8-6-13)22-19(27)23-18(25)15-10-12(20)4-9-16(15)26-3/h4-11H,1-3H3,(H,21,24)(H2,22,23,25,27). The third kappa shape index (κ3) is 6.04. The molecule has 0 aliphatic rings. The molecule has 142 valence electrons. The van der Waals surface area contributed by atoms with Gasteiger partial charge in [0.15, 0.2) is 5.11 Å². The molecule has 0 fully saturated rings. The molecule has 27 heavy (non-hydrogen) atoms. The topological polar surface area (TPSA) is 79.5 Å². The van der Waals surface area contributed by atoms with Crippen LogP contribution in [0.4, 0.5) is 11.4 Å². The lowest BCUT2D eigenvalue weighted by Crippen LogP contribution is -2.34. The summed E-state index contributed by atoms with van der Waals surface area (Å²) in [4.78, 5) is 24.1. The lowest BCUT2D eigenvalue weighted by atomic mass is 10.2. The van der Waals surface area contributed by atoms with Crippen molar-refractivity contribution in [3.8, 4) is 5.75 Å². The highest BCUT2D eigenvalue weighted by atomic mass is 79.9. The van der Waals surface area contributed by atoms with E-state index in [0.717, 1.165) is 4.47 Å². The maximum absolute atomic E-state index is 12.4. The van der Waals surface area contributed by atoms with E-state index in [1.165, 1.54) is 7.11 Å². The average Bonchev–Trinajstić information content (AvgIpc) is 2.63. The summed E-state index contributed by atoms with van der Waals surface area (Å²) in [6, 6.07) is 12.2. The van der Waals surface area contributed by atoms with Gasteiger partial charge in [0, 0.05) is 21.8 Å². The van der Waals surface area contributed by atoms with Gasteiger partial charge in [-0.15, -0.1) is 0 Å². The molecule has 2 amide bonds. The normalized spacial score (nSPS) is 10.3. The highest BCUT2D eigenvalue weighted by Gasteiger charge is 2.14. The molecule has 0 radical (unpaired) electrons. The number of nitrogens with one attached hydrogen (secondary N) is 3. The van der Waals surface area contributed by atoms with Crippen molar-refractivity contribution in [1.82, 2.24) is 5.32 Å². The molecule has 0 atom stereocenters. The molecule has 0 aliphatic carbocycles. The Hall–Kier alpha value is -2.45. The lowest BCUT2D eigenvalue weighted by Gasteiger charge is -2.13. The molecule has 0 saturated heterocycles. The monoisotopic (exact) mass is 449 g/mol. The predicted octanol–water partition coefficient (Wildman–Crippen LogP) is 4.18. The minimum atomic E-state index is -0.383. The molecule has 8 heteroatoms. The number of benzene rings is 2. The van der Waals surface area contributed by atoms with Crippen LogP contribution in [-0.2, 0) is 4.79 Å². The van der Waals surface area contributed by atoms with Crippen LogP contribution in [0.1, 0.15) is 24.2 Å². The summed E-state index contributed by atoms with van der Waals surface area (Å²) in [5.41, 5.74) is 1.74. The Morgan fingerprint density at radius 2 is 1.63 bits per heavy atom. The van der Waals surface area contributed by atoms with Crippen LogP contribution in [0.15, 0.2) is 46.9 Å². The molecule has 0 aliphatic heterocycles. The number of thiocarbonyl (C=S) groups is 1. The Bertz CT molecular complexity index is 854. The van der Waals surface area contributed by atoms with Gasteiger partial charge < -0.3 is 15.4 Å². The van der Waals surface area contributed by atoms with Gasteiger partial charge in [0.05, 0.1) is 12.7 Å². The summed E-state index contributed by atoms with van der Waals surface area (Å²) in [5, 5.41) is 8.51. The summed E-state index contributed by atoms with van der Waals surface area (Å²) in [5.74, 6) is -0.0858. The van der Waals surface area contributed by atoms with E-state index < -0.39 is 0 Å². The van der Waals surface area contributed by atoms with Gasteiger partial charge in [-0.05, 0) is 54.7 Å². The van der Waals surface area contributed by atoms with Gasteiger partial charge in [-0.25, -0.2) is 0 Å². The van der Waals surface area contributed by atoms with Crippen LogP contribution in [0.25, 0.3) is 0 Å². The fraction of sp³-hybridized carbons (Fsp3) is 0.211. The number of hydrogen-bond donors (Lipinski definition) is 3. The SMILES string of the molecule is COc1ccc(Br)cc1C(=O)NC(=S)Nc1ccc(NC(=O)C(C)C)cc1. The van der Waals surface area contributed by atoms with Gasteiger partial charge in [0.2, 0.25) is 5.91 Å². The van der Waals surface area contributed by atoms with Crippen molar-refractivity contribution < 1.29 is 14.3 Å². The van der Waals surface area contributed by atoms with Crippen molar-refractivity contribution in [1.29, 1.82) is 0 Å². The first-order valence-corrected chi connectivity index (χ1v) is 9.37. The van der Waals surface area contributed by atoms with E-state index in [1.54, 1.807) is 42.5 Å². The van der Waals surface area contributed by atoms with E-state index in [2.05, 4.69) is 31.9 Å². The molecule has 2 aromatic rings. The number of carbonyl (C=O) groups excluding carboxylic acids is 2. The molecule has 0 aromatic heterocycles. The van der Waals surface area contributed by atoms with Crippen LogP contribution < -0.4 is 20.7 Å². The second-order valence-electron chi connectivity index (χ2n) is 5.97. The van der Waals surface area contributed by atoms with Crippen LogP contribution in [0.5, 0.6) is 5.75 Å². The van der Waals surface area contributed by atoms with Gasteiger partial charge in [-0.1, -0.05) is 29.8 Å². The van der Waals surface area contributed by atoms with Gasteiger partial charge >= 0.3 is 0 Å². The largest absolute Gasteiger partial charge is 0.496 e.